The van der Waals surface area contributed by atoms with Crippen LogP contribution in [-0.2, 0) is 13.6 Å². The molecule has 0 aliphatic carbocycles. The molecular weight excluding hydrogens is 151 g/mol. The first-order chi connectivity index (χ1) is 4.86. The fourth-order valence-corrected chi connectivity index (χ4v) is 1.71. The van der Waals surface area contributed by atoms with E-state index in [1.54, 1.807) is 7.11 Å². The Morgan fingerprint density at radius 3 is 2.50 bits per heavy atom. The largest absolute Gasteiger partial charge is 0.332 e. The molecule has 0 saturated carbocycles. The first-order valence-electron chi connectivity index (χ1n) is 3.47. The molecule has 0 aromatic carbocycles. The monoisotopic (exact) mass is 164 g/mol. The van der Waals surface area contributed by atoms with Crippen LogP contribution in [0.3, 0.4) is 0 Å². The van der Waals surface area contributed by atoms with Gasteiger partial charge in [0, 0.05) is 13.0 Å². The third-order valence-corrected chi connectivity index (χ3v) is 2.58. The van der Waals surface area contributed by atoms with Crippen molar-refractivity contribution < 1.29 is 13.6 Å². The van der Waals surface area contributed by atoms with Gasteiger partial charge in [-0.2, -0.15) is 0 Å². The van der Waals surface area contributed by atoms with Crippen LogP contribution in [0.4, 0.5) is 0 Å². The molecule has 10 heavy (non-hydrogen) atoms. The maximum absolute atomic E-state index is 5.25. The SMILES string of the molecule is CCC1COP(OC)OC1. The molecular formula is C6H13O3P. The highest BCUT2D eigenvalue weighted by atomic mass is 31.2. The van der Waals surface area contributed by atoms with Crippen LogP contribution >= 0.6 is 8.60 Å². The smallest absolute Gasteiger partial charge is 0.316 e. The third kappa shape index (κ3) is 2.17. The molecule has 1 saturated heterocycles. The number of hydrogen-bond acceptors (Lipinski definition) is 3. The van der Waals surface area contributed by atoms with Gasteiger partial charge >= 0.3 is 8.60 Å². The van der Waals surface area contributed by atoms with Crippen molar-refractivity contribution in [2.24, 2.45) is 5.92 Å². The fourth-order valence-electron chi connectivity index (χ4n) is 0.759. The van der Waals surface area contributed by atoms with Gasteiger partial charge in [-0.05, 0) is 6.42 Å². The highest BCUT2D eigenvalue weighted by molar-refractivity contribution is 7.41. The summed E-state index contributed by atoms with van der Waals surface area (Å²) in [5.41, 5.74) is 0. The van der Waals surface area contributed by atoms with Gasteiger partial charge in [-0.15, -0.1) is 0 Å². The summed E-state index contributed by atoms with van der Waals surface area (Å²) < 4.78 is 15.4. The quantitative estimate of drug-likeness (QED) is 0.583. The molecule has 1 aliphatic heterocycles. The predicted molar refractivity (Wildman–Crippen MR) is 39.6 cm³/mol. The molecule has 0 N–H and O–H groups in total. The van der Waals surface area contributed by atoms with Gasteiger partial charge in [0.25, 0.3) is 0 Å². The molecule has 1 fully saturated rings. The van der Waals surface area contributed by atoms with E-state index < -0.39 is 8.60 Å². The summed E-state index contributed by atoms with van der Waals surface area (Å²) in [7, 11) is 0.607. The zero-order valence-electron chi connectivity index (χ0n) is 6.37. The maximum atomic E-state index is 5.25. The van der Waals surface area contributed by atoms with Crippen molar-refractivity contribution in [3.8, 4) is 0 Å². The Hall–Kier alpha value is 0.310. The summed E-state index contributed by atoms with van der Waals surface area (Å²) in [6.45, 7) is 3.71. The van der Waals surface area contributed by atoms with Crippen LogP contribution < -0.4 is 0 Å². The van der Waals surface area contributed by atoms with Crippen molar-refractivity contribution in [2.75, 3.05) is 20.3 Å². The normalized spacial score (nSPS) is 34.2. The molecule has 1 rings (SSSR count). The Morgan fingerprint density at radius 2 is 2.10 bits per heavy atom. The minimum absolute atomic E-state index is 0.564. The Balaban J connectivity index is 2.17. The molecule has 3 nitrogen and oxygen atoms in total. The Labute approximate surface area is 62.7 Å². The number of hydrogen-bond donors (Lipinski definition) is 0. The zero-order valence-corrected chi connectivity index (χ0v) is 7.27. The lowest BCUT2D eigenvalue weighted by atomic mass is 10.1. The van der Waals surface area contributed by atoms with Gasteiger partial charge < -0.3 is 13.6 Å². The summed E-state index contributed by atoms with van der Waals surface area (Å²) in [6.07, 6.45) is 1.12. The molecule has 1 heterocycles. The van der Waals surface area contributed by atoms with Crippen molar-refractivity contribution in [3.63, 3.8) is 0 Å². The van der Waals surface area contributed by atoms with Gasteiger partial charge in [-0.1, -0.05) is 6.92 Å². The van der Waals surface area contributed by atoms with Crippen LogP contribution in [0, 0.1) is 5.92 Å². The highest BCUT2D eigenvalue weighted by Crippen LogP contribution is 2.42. The van der Waals surface area contributed by atoms with Crippen molar-refractivity contribution in [3.05, 3.63) is 0 Å². The van der Waals surface area contributed by atoms with E-state index in [0.717, 1.165) is 19.6 Å². The van der Waals surface area contributed by atoms with Gasteiger partial charge in [0.1, 0.15) is 0 Å². The second-order valence-electron chi connectivity index (χ2n) is 2.27. The Morgan fingerprint density at radius 1 is 1.50 bits per heavy atom. The standard InChI is InChI=1S/C6H13O3P/c1-3-6-4-8-10(7-2)9-5-6/h6H,3-5H2,1-2H3. The van der Waals surface area contributed by atoms with Crippen molar-refractivity contribution in [1.29, 1.82) is 0 Å². The van der Waals surface area contributed by atoms with Gasteiger partial charge in [0.05, 0.1) is 13.2 Å². The van der Waals surface area contributed by atoms with E-state index in [0.29, 0.717) is 5.92 Å². The average molecular weight is 164 g/mol. The highest BCUT2D eigenvalue weighted by Gasteiger charge is 2.21. The van der Waals surface area contributed by atoms with E-state index in [1.807, 2.05) is 0 Å². The minimum atomic E-state index is -1.00. The average Bonchev–Trinajstić information content (AvgIpc) is 2.05. The Bertz CT molecular complexity index is 79.0. The van der Waals surface area contributed by atoms with Crippen LogP contribution in [0.1, 0.15) is 13.3 Å². The van der Waals surface area contributed by atoms with Gasteiger partial charge in [0.15, 0.2) is 0 Å². The van der Waals surface area contributed by atoms with E-state index in [4.69, 9.17) is 13.6 Å². The second-order valence-corrected chi connectivity index (χ2v) is 3.60. The van der Waals surface area contributed by atoms with Crippen LogP contribution in [-0.4, -0.2) is 20.3 Å². The molecule has 0 radical (unpaired) electrons. The van der Waals surface area contributed by atoms with Crippen molar-refractivity contribution in [1.82, 2.24) is 0 Å². The van der Waals surface area contributed by atoms with E-state index in [2.05, 4.69) is 6.92 Å². The topological polar surface area (TPSA) is 27.7 Å². The molecule has 0 aromatic heterocycles. The predicted octanol–water partition coefficient (Wildman–Crippen LogP) is 1.93. The number of rotatable bonds is 2. The lowest BCUT2D eigenvalue weighted by molar-refractivity contribution is 0.0799. The molecule has 0 amide bonds. The van der Waals surface area contributed by atoms with E-state index in [1.165, 1.54) is 0 Å². The maximum Gasteiger partial charge on any atom is 0.332 e. The van der Waals surface area contributed by atoms with E-state index in [9.17, 15) is 0 Å². The van der Waals surface area contributed by atoms with Gasteiger partial charge in [-0.3, -0.25) is 0 Å². The minimum Gasteiger partial charge on any atom is -0.316 e. The molecule has 0 atom stereocenters. The van der Waals surface area contributed by atoms with E-state index in [-0.39, 0.29) is 0 Å². The first-order valence-corrected chi connectivity index (χ1v) is 4.56. The summed E-state index contributed by atoms with van der Waals surface area (Å²) in [6, 6.07) is 0. The molecule has 0 bridgehead atoms. The summed E-state index contributed by atoms with van der Waals surface area (Å²) in [5.74, 6) is 0.564. The summed E-state index contributed by atoms with van der Waals surface area (Å²) in [4.78, 5) is 0. The molecule has 0 aromatic rings. The van der Waals surface area contributed by atoms with Gasteiger partial charge in [0.2, 0.25) is 0 Å². The summed E-state index contributed by atoms with van der Waals surface area (Å²) >= 11 is 0. The lowest BCUT2D eigenvalue weighted by Crippen LogP contribution is -2.18. The molecule has 1 aliphatic rings. The van der Waals surface area contributed by atoms with Gasteiger partial charge in [-0.25, -0.2) is 0 Å². The van der Waals surface area contributed by atoms with Crippen LogP contribution in [0.25, 0.3) is 0 Å². The van der Waals surface area contributed by atoms with Crippen LogP contribution in [0.2, 0.25) is 0 Å². The molecule has 60 valence electrons. The Kier molecular flexibility index (Phi) is 3.57. The zero-order chi connectivity index (χ0) is 7.40. The van der Waals surface area contributed by atoms with Crippen molar-refractivity contribution in [2.45, 2.75) is 13.3 Å². The fraction of sp³-hybridized carbons (Fsp3) is 1.00. The molecule has 0 spiro atoms. The van der Waals surface area contributed by atoms with Crippen LogP contribution in [0.15, 0.2) is 0 Å². The van der Waals surface area contributed by atoms with Crippen LogP contribution in [0.5, 0.6) is 0 Å². The second kappa shape index (κ2) is 4.24. The third-order valence-electron chi connectivity index (χ3n) is 1.56. The lowest BCUT2D eigenvalue weighted by Gasteiger charge is -2.25. The first kappa shape index (κ1) is 8.41. The summed E-state index contributed by atoms with van der Waals surface area (Å²) in [5, 5.41) is 0. The van der Waals surface area contributed by atoms with E-state index >= 15 is 0 Å². The molecule has 4 heteroatoms. The van der Waals surface area contributed by atoms with Crippen molar-refractivity contribution >= 4 is 8.60 Å². The molecule has 0 unspecified atom stereocenters.